The lowest BCUT2D eigenvalue weighted by molar-refractivity contribution is 0.0966. The largest absolute Gasteiger partial charge is 0.348 e. The normalized spacial score (nSPS) is 12.2. The molecule has 0 saturated heterocycles. The fraction of sp³-hybridized carbons (Fsp3) is 0.0800. The van der Waals surface area contributed by atoms with E-state index in [4.69, 9.17) is 12.2 Å². The summed E-state index contributed by atoms with van der Waals surface area (Å²) < 4.78 is 15.2. The maximum Gasteiger partial charge on any atom is 0.252 e. The average molecular weight is 458 g/mol. The van der Waals surface area contributed by atoms with Gasteiger partial charge in [-0.1, -0.05) is 24.3 Å². The molecule has 0 unspecified atom stereocenters. The van der Waals surface area contributed by atoms with E-state index in [1.165, 1.54) is 6.07 Å². The summed E-state index contributed by atoms with van der Waals surface area (Å²) in [6.45, 7) is 2.23. The van der Waals surface area contributed by atoms with Crippen LogP contribution in [0.1, 0.15) is 21.6 Å². The molecule has 33 heavy (non-hydrogen) atoms. The first-order valence-electron chi connectivity index (χ1n) is 10.4. The Balaban J connectivity index is 1.44. The maximum absolute atomic E-state index is 15.2. The predicted octanol–water partition coefficient (Wildman–Crippen LogP) is 5.24. The van der Waals surface area contributed by atoms with Gasteiger partial charge in [-0.05, 0) is 66.7 Å². The molecule has 1 aliphatic heterocycles. The minimum Gasteiger partial charge on any atom is -0.348 e. The zero-order valence-corrected chi connectivity index (χ0v) is 18.5. The molecule has 6 nitrogen and oxygen atoms in total. The number of aromatic nitrogens is 2. The van der Waals surface area contributed by atoms with Gasteiger partial charge in [0.15, 0.2) is 5.11 Å². The monoisotopic (exact) mass is 457 g/mol. The number of halogens is 1. The summed E-state index contributed by atoms with van der Waals surface area (Å²) in [5.41, 5.74) is 5.33. The lowest BCUT2D eigenvalue weighted by atomic mass is 9.92. The minimum absolute atomic E-state index is 0.188. The molecule has 1 amide bonds. The average Bonchev–Trinajstić information content (AvgIpc) is 3.40. The van der Waals surface area contributed by atoms with Crippen molar-refractivity contribution in [2.45, 2.75) is 13.5 Å². The van der Waals surface area contributed by atoms with Gasteiger partial charge in [0.05, 0.1) is 5.56 Å². The van der Waals surface area contributed by atoms with Crippen LogP contribution in [0.15, 0.2) is 66.9 Å². The number of benzene rings is 3. The van der Waals surface area contributed by atoms with Crippen molar-refractivity contribution in [3.8, 4) is 22.5 Å². The highest BCUT2D eigenvalue weighted by atomic mass is 32.1. The molecular formula is C25H20FN5OS. The van der Waals surface area contributed by atoms with E-state index in [1.54, 1.807) is 18.3 Å². The molecule has 4 aromatic rings. The number of nitrogens with one attached hydrogen (secondary N) is 4. The van der Waals surface area contributed by atoms with E-state index in [9.17, 15) is 4.79 Å². The Hall–Kier alpha value is -4.04. The molecule has 164 valence electrons. The molecule has 4 N–H and O–H groups in total. The fourth-order valence-electron chi connectivity index (χ4n) is 3.97. The van der Waals surface area contributed by atoms with Gasteiger partial charge in [-0.15, -0.1) is 0 Å². The molecule has 1 aromatic heterocycles. The van der Waals surface area contributed by atoms with Gasteiger partial charge in [-0.25, -0.2) is 9.37 Å². The first kappa shape index (κ1) is 20.8. The van der Waals surface area contributed by atoms with Crippen LogP contribution in [0.3, 0.4) is 0 Å². The second-order valence-electron chi connectivity index (χ2n) is 7.75. The van der Waals surface area contributed by atoms with Crippen LogP contribution in [-0.4, -0.2) is 21.0 Å². The Morgan fingerprint density at radius 2 is 1.73 bits per heavy atom. The third-order valence-corrected chi connectivity index (χ3v) is 5.68. The van der Waals surface area contributed by atoms with Crippen molar-refractivity contribution >= 4 is 34.6 Å². The zero-order valence-electron chi connectivity index (χ0n) is 17.7. The summed E-state index contributed by atoms with van der Waals surface area (Å²) in [5, 5.41) is 9.28. The third-order valence-electron chi connectivity index (χ3n) is 5.47. The minimum atomic E-state index is -0.411. The fourth-order valence-corrected chi connectivity index (χ4v) is 4.21. The highest BCUT2D eigenvalue weighted by Gasteiger charge is 2.28. The molecule has 0 radical (unpaired) electrons. The van der Waals surface area contributed by atoms with Crippen LogP contribution in [0, 0.1) is 12.7 Å². The third kappa shape index (κ3) is 4.08. The second-order valence-corrected chi connectivity index (χ2v) is 8.16. The summed E-state index contributed by atoms with van der Waals surface area (Å²) in [6, 6.07) is 18.0. The molecule has 3 aromatic carbocycles. The molecule has 0 saturated carbocycles. The standard InChI is InChI=1S/C25H20FN5OS/c1-14-12-27-23(29-14)19-10-9-17(20-13-28-24(32)22(19)20)18-8-7-16(11-21(18)26)31-25(33)30-15-5-3-2-4-6-15/h2-12H,13H2,1H3,(H,27,29)(H,28,32)(H2,30,31,33). The van der Waals surface area contributed by atoms with Crippen molar-refractivity contribution in [1.29, 1.82) is 0 Å². The van der Waals surface area contributed by atoms with Crippen molar-refractivity contribution in [2.24, 2.45) is 0 Å². The van der Waals surface area contributed by atoms with E-state index in [0.717, 1.165) is 16.9 Å². The SMILES string of the molecule is Cc1cnc(-c2ccc(-c3ccc(NC(=S)Nc4ccccc4)cc3F)c3c2C(=O)NC3)[nH]1. The number of fused-ring (bicyclic) bond motifs is 1. The Morgan fingerprint density at radius 1 is 1.00 bits per heavy atom. The molecular weight excluding hydrogens is 437 g/mol. The summed E-state index contributed by atoms with van der Waals surface area (Å²) in [7, 11) is 0. The number of rotatable bonds is 4. The van der Waals surface area contributed by atoms with Crippen LogP contribution in [0.5, 0.6) is 0 Å². The van der Waals surface area contributed by atoms with Crippen molar-refractivity contribution in [3.05, 3.63) is 89.5 Å². The van der Waals surface area contributed by atoms with E-state index >= 15 is 4.39 Å². The molecule has 0 fully saturated rings. The first-order chi connectivity index (χ1) is 16.0. The van der Waals surface area contributed by atoms with Crippen molar-refractivity contribution in [1.82, 2.24) is 15.3 Å². The number of imidazole rings is 1. The van der Waals surface area contributed by atoms with Gasteiger partial charge in [0, 0.05) is 40.9 Å². The number of thiocarbonyl (C=S) groups is 1. The Bertz CT molecular complexity index is 1380. The van der Waals surface area contributed by atoms with Gasteiger partial charge in [0.25, 0.3) is 5.91 Å². The Morgan fingerprint density at radius 3 is 2.45 bits per heavy atom. The van der Waals surface area contributed by atoms with Gasteiger partial charge in [0.1, 0.15) is 11.6 Å². The quantitative estimate of drug-likeness (QED) is 0.315. The molecule has 1 aliphatic rings. The van der Waals surface area contributed by atoms with Crippen LogP contribution in [0.25, 0.3) is 22.5 Å². The first-order valence-corrected chi connectivity index (χ1v) is 10.8. The topological polar surface area (TPSA) is 81.8 Å². The predicted molar refractivity (Wildman–Crippen MR) is 132 cm³/mol. The number of aromatic amines is 1. The molecule has 2 heterocycles. The van der Waals surface area contributed by atoms with Crippen molar-refractivity contribution in [3.63, 3.8) is 0 Å². The number of amides is 1. The van der Waals surface area contributed by atoms with Crippen LogP contribution < -0.4 is 16.0 Å². The van der Waals surface area contributed by atoms with Gasteiger partial charge in [-0.3, -0.25) is 4.79 Å². The molecule has 0 spiro atoms. The van der Waals surface area contributed by atoms with E-state index in [-0.39, 0.29) is 5.91 Å². The van der Waals surface area contributed by atoms with Gasteiger partial charge in [0.2, 0.25) is 0 Å². The van der Waals surface area contributed by atoms with E-state index in [2.05, 4.69) is 25.9 Å². The zero-order chi connectivity index (χ0) is 22.9. The number of H-pyrrole nitrogens is 1. The highest BCUT2D eigenvalue weighted by molar-refractivity contribution is 7.80. The molecule has 8 heteroatoms. The Labute approximate surface area is 195 Å². The number of para-hydroxylation sites is 1. The lowest BCUT2D eigenvalue weighted by Gasteiger charge is -2.14. The number of anilines is 2. The van der Waals surface area contributed by atoms with E-state index < -0.39 is 5.82 Å². The summed E-state index contributed by atoms with van der Waals surface area (Å²) in [4.78, 5) is 20.1. The molecule has 5 rings (SSSR count). The maximum atomic E-state index is 15.2. The number of nitrogens with zero attached hydrogens (tertiary/aromatic N) is 1. The van der Waals surface area contributed by atoms with Crippen molar-refractivity contribution in [2.75, 3.05) is 10.6 Å². The van der Waals surface area contributed by atoms with E-state index in [1.807, 2.05) is 49.4 Å². The summed E-state index contributed by atoms with van der Waals surface area (Å²) in [6.07, 6.45) is 1.71. The highest BCUT2D eigenvalue weighted by Crippen LogP contribution is 2.36. The van der Waals surface area contributed by atoms with Crippen LogP contribution >= 0.6 is 12.2 Å². The summed E-state index contributed by atoms with van der Waals surface area (Å²) >= 11 is 5.33. The van der Waals surface area contributed by atoms with Crippen LogP contribution in [0.4, 0.5) is 15.8 Å². The van der Waals surface area contributed by atoms with Crippen LogP contribution in [0.2, 0.25) is 0 Å². The molecule has 0 atom stereocenters. The van der Waals surface area contributed by atoms with Gasteiger partial charge in [-0.2, -0.15) is 0 Å². The number of aryl methyl sites for hydroxylation is 1. The van der Waals surface area contributed by atoms with Crippen LogP contribution in [-0.2, 0) is 6.54 Å². The number of hydrogen-bond acceptors (Lipinski definition) is 3. The summed E-state index contributed by atoms with van der Waals surface area (Å²) in [5.74, 6) is 0.0179. The molecule has 0 bridgehead atoms. The number of carbonyl (C=O) groups is 1. The lowest BCUT2D eigenvalue weighted by Crippen LogP contribution is -2.19. The Kier molecular flexibility index (Phi) is 5.35. The van der Waals surface area contributed by atoms with E-state index in [0.29, 0.717) is 45.4 Å². The molecule has 0 aliphatic carbocycles. The van der Waals surface area contributed by atoms with Gasteiger partial charge >= 0.3 is 0 Å². The van der Waals surface area contributed by atoms with Crippen molar-refractivity contribution < 1.29 is 9.18 Å². The number of hydrogen-bond donors (Lipinski definition) is 4. The smallest absolute Gasteiger partial charge is 0.252 e. The van der Waals surface area contributed by atoms with Gasteiger partial charge < -0.3 is 20.9 Å². The second kappa shape index (κ2) is 8.48. The number of carbonyl (C=O) groups excluding carboxylic acids is 1.